The second-order valence-corrected chi connectivity index (χ2v) is 7.39. The molecule has 0 aliphatic heterocycles. The quantitative estimate of drug-likeness (QED) is 0.450. The molecule has 4 aromatic rings. The van der Waals surface area contributed by atoms with E-state index >= 15 is 0 Å². The smallest absolute Gasteiger partial charge is 0.193 e. The molecule has 0 bridgehead atoms. The Labute approximate surface area is 158 Å². The van der Waals surface area contributed by atoms with Gasteiger partial charge in [0, 0.05) is 40.0 Å². The Morgan fingerprint density at radius 2 is 2.23 bits per heavy atom. The van der Waals surface area contributed by atoms with Crippen molar-refractivity contribution in [2.24, 2.45) is 0 Å². The number of allylic oxidation sites excluding steroid dienone is 1. The predicted octanol–water partition coefficient (Wildman–Crippen LogP) is 5.33. The average Bonchev–Trinajstić information content (AvgIpc) is 3.41. The van der Waals surface area contributed by atoms with Crippen molar-refractivity contribution in [1.29, 1.82) is 5.26 Å². The van der Waals surface area contributed by atoms with Gasteiger partial charge in [0.2, 0.25) is 0 Å². The molecule has 0 saturated heterocycles. The third-order valence-corrected chi connectivity index (χ3v) is 5.63. The second-order valence-electron chi connectivity index (χ2n) is 5.66. The Bertz CT molecular complexity index is 1110. The minimum atomic E-state index is 0.491. The van der Waals surface area contributed by atoms with Crippen LogP contribution in [0.15, 0.2) is 45.8 Å². The van der Waals surface area contributed by atoms with Crippen molar-refractivity contribution in [3.63, 3.8) is 0 Å². The summed E-state index contributed by atoms with van der Waals surface area (Å²) in [6, 6.07) is 7.93. The summed E-state index contributed by atoms with van der Waals surface area (Å²) in [5.74, 6) is 0.639. The highest BCUT2D eigenvalue weighted by Gasteiger charge is 2.17. The van der Waals surface area contributed by atoms with E-state index in [9.17, 15) is 5.26 Å². The minimum absolute atomic E-state index is 0.491. The van der Waals surface area contributed by atoms with Gasteiger partial charge in [-0.15, -0.1) is 22.7 Å². The molecule has 4 heterocycles. The van der Waals surface area contributed by atoms with Gasteiger partial charge in [0.1, 0.15) is 16.8 Å². The molecule has 0 spiro atoms. The van der Waals surface area contributed by atoms with Crippen LogP contribution in [0.2, 0.25) is 0 Å². The number of hydrogen-bond donors (Lipinski definition) is 0. The summed E-state index contributed by atoms with van der Waals surface area (Å²) in [5, 5.41) is 15.1. The molecule has 0 aromatic carbocycles. The molecule has 4 aromatic heterocycles. The summed E-state index contributed by atoms with van der Waals surface area (Å²) in [5.41, 5.74) is 4.60. The van der Waals surface area contributed by atoms with Gasteiger partial charge in [0.15, 0.2) is 5.13 Å². The van der Waals surface area contributed by atoms with E-state index in [1.54, 1.807) is 35.9 Å². The van der Waals surface area contributed by atoms with Crippen LogP contribution in [-0.4, -0.2) is 14.5 Å². The molecule has 26 heavy (non-hydrogen) atoms. The lowest BCUT2D eigenvalue weighted by molar-refractivity contribution is 0.557. The fourth-order valence-electron chi connectivity index (χ4n) is 2.82. The lowest BCUT2D eigenvalue weighted by Crippen LogP contribution is -1.98. The lowest BCUT2D eigenvalue weighted by Gasteiger charge is -2.04. The molecular formula is C19H14N4OS2. The Hall–Kier alpha value is -2.95. The van der Waals surface area contributed by atoms with E-state index in [4.69, 9.17) is 4.42 Å². The summed E-state index contributed by atoms with van der Waals surface area (Å²) < 4.78 is 7.43. The standard InChI is InChI=1S/C19H14N4OS2/c1-12-8-16(13(2)23(12)19-21-5-7-25-19)17-11-26-18(22-17)14(10-20)9-15-4-3-6-24-15/h3-9,11H,1-2H3/b14-9+. The molecule has 0 radical (unpaired) electrons. The van der Waals surface area contributed by atoms with Crippen LogP contribution < -0.4 is 0 Å². The van der Waals surface area contributed by atoms with E-state index in [-0.39, 0.29) is 0 Å². The van der Waals surface area contributed by atoms with Crippen molar-refractivity contribution in [3.05, 3.63) is 63.6 Å². The normalized spacial score (nSPS) is 11.7. The number of nitriles is 1. The highest BCUT2D eigenvalue weighted by atomic mass is 32.1. The summed E-state index contributed by atoms with van der Waals surface area (Å²) in [6.45, 7) is 4.12. The van der Waals surface area contributed by atoms with Crippen LogP contribution in [0.3, 0.4) is 0 Å². The fourth-order valence-corrected chi connectivity index (χ4v) is 4.36. The van der Waals surface area contributed by atoms with Gasteiger partial charge in [-0.3, -0.25) is 4.57 Å². The topological polar surface area (TPSA) is 67.6 Å². The number of aryl methyl sites for hydroxylation is 1. The van der Waals surface area contributed by atoms with Crippen LogP contribution in [0.25, 0.3) is 28.0 Å². The third kappa shape index (κ3) is 2.90. The van der Waals surface area contributed by atoms with Crippen molar-refractivity contribution >= 4 is 34.3 Å². The van der Waals surface area contributed by atoms with Gasteiger partial charge in [-0.05, 0) is 32.0 Å². The fraction of sp³-hybridized carbons (Fsp3) is 0.105. The Morgan fingerprint density at radius 1 is 1.35 bits per heavy atom. The first-order chi connectivity index (χ1) is 12.7. The van der Waals surface area contributed by atoms with Gasteiger partial charge in [-0.25, -0.2) is 9.97 Å². The number of rotatable bonds is 4. The summed E-state index contributed by atoms with van der Waals surface area (Å²) in [4.78, 5) is 9.09. The maximum atomic E-state index is 9.48. The van der Waals surface area contributed by atoms with Crippen LogP contribution in [0.5, 0.6) is 0 Å². The average molecular weight is 378 g/mol. The zero-order chi connectivity index (χ0) is 18.1. The predicted molar refractivity (Wildman–Crippen MR) is 104 cm³/mol. The summed E-state index contributed by atoms with van der Waals surface area (Å²) in [7, 11) is 0. The van der Waals surface area contributed by atoms with Crippen LogP contribution in [0.4, 0.5) is 0 Å². The van der Waals surface area contributed by atoms with Gasteiger partial charge < -0.3 is 4.42 Å². The van der Waals surface area contributed by atoms with Crippen molar-refractivity contribution < 1.29 is 4.42 Å². The van der Waals surface area contributed by atoms with E-state index in [0.29, 0.717) is 16.3 Å². The first-order valence-electron chi connectivity index (χ1n) is 7.87. The summed E-state index contributed by atoms with van der Waals surface area (Å²) >= 11 is 3.05. The van der Waals surface area contributed by atoms with Crippen LogP contribution in [0.1, 0.15) is 22.2 Å². The molecule has 128 valence electrons. The molecule has 0 saturated carbocycles. The third-order valence-electron chi connectivity index (χ3n) is 4.00. The Balaban J connectivity index is 1.73. The SMILES string of the molecule is Cc1cc(-c2csc(/C(C#N)=C/c3ccco3)n2)c(C)n1-c1nccs1. The highest BCUT2D eigenvalue weighted by Crippen LogP contribution is 2.32. The van der Waals surface area contributed by atoms with Gasteiger partial charge in [-0.1, -0.05) is 0 Å². The van der Waals surface area contributed by atoms with E-state index in [2.05, 4.69) is 40.5 Å². The van der Waals surface area contributed by atoms with Crippen molar-refractivity contribution in [1.82, 2.24) is 14.5 Å². The Morgan fingerprint density at radius 3 is 2.92 bits per heavy atom. The number of thiazole rings is 2. The molecule has 4 rings (SSSR count). The maximum absolute atomic E-state index is 9.48. The lowest BCUT2D eigenvalue weighted by atomic mass is 10.2. The van der Waals surface area contributed by atoms with Gasteiger partial charge in [0.05, 0.1) is 17.5 Å². The van der Waals surface area contributed by atoms with Crippen molar-refractivity contribution in [3.8, 4) is 22.5 Å². The molecular weight excluding hydrogens is 364 g/mol. The largest absolute Gasteiger partial charge is 0.465 e. The number of nitrogens with zero attached hydrogens (tertiary/aromatic N) is 4. The second kappa shape index (κ2) is 6.75. The van der Waals surface area contributed by atoms with E-state index in [1.807, 2.05) is 16.8 Å². The molecule has 0 unspecified atom stereocenters. The Kier molecular flexibility index (Phi) is 4.29. The first-order valence-corrected chi connectivity index (χ1v) is 9.63. The van der Waals surface area contributed by atoms with Crippen molar-refractivity contribution in [2.75, 3.05) is 0 Å². The van der Waals surface area contributed by atoms with Crippen LogP contribution >= 0.6 is 22.7 Å². The number of furan rings is 1. The van der Waals surface area contributed by atoms with Gasteiger partial charge in [0.25, 0.3) is 0 Å². The summed E-state index contributed by atoms with van der Waals surface area (Å²) in [6.07, 6.45) is 5.10. The minimum Gasteiger partial charge on any atom is -0.465 e. The molecule has 5 nitrogen and oxygen atoms in total. The monoisotopic (exact) mass is 378 g/mol. The highest BCUT2D eigenvalue weighted by molar-refractivity contribution is 7.12. The van der Waals surface area contributed by atoms with Crippen molar-refractivity contribution in [2.45, 2.75) is 13.8 Å². The number of aromatic nitrogens is 3. The first kappa shape index (κ1) is 16.5. The van der Waals surface area contributed by atoms with E-state index in [1.165, 1.54) is 11.3 Å². The molecule has 0 N–H and O–H groups in total. The van der Waals surface area contributed by atoms with Crippen LogP contribution in [0, 0.1) is 25.2 Å². The molecule has 0 fully saturated rings. The van der Waals surface area contributed by atoms with Gasteiger partial charge >= 0.3 is 0 Å². The zero-order valence-electron chi connectivity index (χ0n) is 14.1. The van der Waals surface area contributed by atoms with E-state index < -0.39 is 0 Å². The number of hydrogen-bond acceptors (Lipinski definition) is 6. The molecule has 0 aliphatic rings. The van der Waals surface area contributed by atoms with E-state index in [0.717, 1.165) is 27.8 Å². The molecule has 0 atom stereocenters. The molecule has 0 aliphatic carbocycles. The molecule has 0 amide bonds. The van der Waals surface area contributed by atoms with Gasteiger partial charge in [-0.2, -0.15) is 5.26 Å². The van der Waals surface area contributed by atoms with Crippen LogP contribution in [-0.2, 0) is 0 Å². The maximum Gasteiger partial charge on any atom is 0.193 e. The zero-order valence-corrected chi connectivity index (χ0v) is 15.8. The molecule has 7 heteroatoms.